The van der Waals surface area contributed by atoms with Gasteiger partial charge in [-0.15, -0.1) is 0 Å². The maximum atomic E-state index is 13.2. The Morgan fingerprint density at radius 3 is 2.88 bits per heavy atom. The van der Waals surface area contributed by atoms with E-state index in [0.29, 0.717) is 29.5 Å². The highest BCUT2D eigenvalue weighted by Crippen LogP contribution is 2.19. The molecule has 1 aliphatic rings. The molecule has 1 fully saturated rings. The first-order valence-electron chi connectivity index (χ1n) is 5.00. The van der Waals surface area contributed by atoms with E-state index in [4.69, 9.17) is 0 Å². The Kier molecular flexibility index (Phi) is 3.25. The fourth-order valence-corrected chi connectivity index (χ4v) is 1.98. The smallest absolute Gasteiger partial charge is 0.254 e. The molecule has 1 saturated heterocycles. The summed E-state index contributed by atoms with van der Waals surface area (Å²) in [5.41, 5.74) is 0.315. The molecule has 2 rings (SSSR count). The quantitative estimate of drug-likeness (QED) is 0.856. The number of nitrogens with zero attached hydrogens (tertiary/aromatic N) is 1. The van der Waals surface area contributed by atoms with Crippen LogP contribution in [0, 0.1) is 5.82 Å². The first-order chi connectivity index (χ1) is 7.58. The van der Waals surface area contributed by atoms with Gasteiger partial charge in [-0.2, -0.15) is 0 Å². The molecule has 1 heterocycles. The lowest BCUT2D eigenvalue weighted by Gasteiger charge is -2.15. The van der Waals surface area contributed by atoms with Crippen LogP contribution in [-0.2, 0) is 0 Å². The fraction of sp³-hybridized carbons (Fsp3) is 0.364. The zero-order chi connectivity index (χ0) is 11.7. The molecule has 0 spiro atoms. The number of aliphatic hydroxyl groups excluding tert-OH is 1. The van der Waals surface area contributed by atoms with Gasteiger partial charge in [-0.05, 0) is 40.5 Å². The van der Waals surface area contributed by atoms with Crippen LogP contribution >= 0.6 is 15.9 Å². The molecule has 5 heteroatoms. The van der Waals surface area contributed by atoms with Crippen LogP contribution in [0.3, 0.4) is 0 Å². The number of hydrogen-bond donors (Lipinski definition) is 1. The van der Waals surface area contributed by atoms with Gasteiger partial charge >= 0.3 is 0 Å². The molecular weight excluding hydrogens is 277 g/mol. The molecule has 0 unspecified atom stereocenters. The van der Waals surface area contributed by atoms with Crippen molar-refractivity contribution in [3.63, 3.8) is 0 Å². The lowest BCUT2D eigenvalue weighted by molar-refractivity contribution is 0.0764. The number of rotatable bonds is 1. The number of carbonyl (C=O) groups is 1. The SMILES string of the molecule is O=C(c1ccc(Br)c(F)c1)N1CC[C@H](O)C1. The highest BCUT2D eigenvalue weighted by molar-refractivity contribution is 9.10. The van der Waals surface area contributed by atoms with Crippen LogP contribution in [0.4, 0.5) is 4.39 Å². The lowest BCUT2D eigenvalue weighted by Crippen LogP contribution is -2.29. The highest BCUT2D eigenvalue weighted by atomic mass is 79.9. The number of halogens is 2. The molecule has 0 saturated carbocycles. The average Bonchev–Trinajstić information content (AvgIpc) is 2.68. The predicted molar refractivity (Wildman–Crippen MR) is 60.6 cm³/mol. The number of likely N-dealkylation sites (tertiary alicyclic amines) is 1. The van der Waals surface area contributed by atoms with Gasteiger partial charge in [0.1, 0.15) is 5.82 Å². The summed E-state index contributed by atoms with van der Waals surface area (Å²) in [6, 6.07) is 4.28. The molecule has 0 bridgehead atoms. The number of carbonyl (C=O) groups excluding carboxylic acids is 1. The van der Waals surface area contributed by atoms with Gasteiger partial charge in [0, 0.05) is 18.7 Å². The number of aliphatic hydroxyl groups is 1. The minimum Gasteiger partial charge on any atom is -0.391 e. The molecule has 0 radical (unpaired) electrons. The topological polar surface area (TPSA) is 40.5 Å². The normalized spacial score (nSPS) is 20.2. The Balaban J connectivity index is 2.18. The van der Waals surface area contributed by atoms with E-state index in [0.717, 1.165) is 0 Å². The van der Waals surface area contributed by atoms with Gasteiger partial charge in [0.2, 0.25) is 0 Å². The van der Waals surface area contributed by atoms with Gasteiger partial charge in [-0.3, -0.25) is 4.79 Å². The third kappa shape index (κ3) is 2.25. The van der Waals surface area contributed by atoms with Crippen LogP contribution in [0.25, 0.3) is 0 Å². The average molecular weight is 288 g/mol. The van der Waals surface area contributed by atoms with Crippen molar-refractivity contribution in [2.45, 2.75) is 12.5 Å². The van der Waals surface area contributed by atoms with Gasteiger partial charge in [0.25, 0.3) is 5.91 Å². The summed E-state index contributed by atoms with van der Waals surface area (Å²) in [5.74, 6) is -0.687. The molecule has 0 aliphatic carbocycles. The number of β-amino-alcohol motifs (C(OH)–C–C–N with tert-alkyl or cyclic N) is 1. The van der Waals surface area contributed by atoms with Crippen LogP contribution in [-0.4, -0.2) is 35.1 Å². The summed E-state index contributed by atoms with van der Waals surface area (Å²) in [5, 5.41) is 9.32. The minimum atomic E-state index is -0.454. The van der Waals surface area contributed by atoms with Crippen LogP contribution in [0.15, 0.2) is 22.7 Å². The van der Waals surface area contributed by atoms with E-state index in [1.54, 1.807) is 6.07 Å². The minimum absolute atomic E-state index is 0.233. The van der Waals surface area contributed by atoms with Crippen molar-refractivity contribution in [3.8, 4) is 0 Å². The molecule has 1 aromatic carbocycles. The summed E-state index contributed by atoms with van der Waals surface area (Å²) in [6.07, 6.45) is 0.134. The van der Waals surface area contributed by atoms with E-state index >= 15 is 0 Å². The van der Waals surface area contributed by atoms with Gasteiger partial charge in [-0.25, -0.2) is 4.39 Å². The maximum Gasteiger partial charge on any atom is 0.254 e. The molecule has 16 heavy (non-hydrogen) atoms. The van der Waals surface area contributed by atoms with Gasteiger partial charge in [-0.1, -0.05) is 0 Å². The van der Waals surface area contributed by atoms with Gasteiger partial charge in [0.05, 0.1) is 10.6 Å². The van der Waals surface area contributed by atoms with E-state index in [1.807, 2.05) is 0 Å². The number of amides is 1. The van der Waals surface area contributed by atoms with Gasteiger partial charge in [0.15, 0.2) is 0 Å². The second-order valence-electron chi connectivity index (χ2n) is 3.82. The van der Waals surface area contributed by atoms with E-state index in [2.05, 4.69) is 15.9 Å². The molecule has 1 aromatic rings. The molecular formula is C11H11BrFNO2. The highest BCUT2D eigenvalue weighted by Gasteiger charge is 2.25. The van der Waals surface area contributed by atoms with Crippen molar-refractivity contribution in [3.05, 3.63) is 34.1 Å². The maximum absolute atomic E-state index is 13.2. The molecule has 1 amide bonds. The molecule has 1 atom stereocenters. The first kappa shape index (κ1) is 11.5. The molecule has 1 N–H and O–H groups in total. The van der Waals surface area contributed by atoms with E-state index in [-0.39, 0.29) is 5.91 Å². The lowest BCUT2D eigenvalue weighted by atomic mass is 10.2. The molecule has 3 nitrogen and oxygen atoms in total. The van der Waals surface area contributed by atoms with Gasteiger partial charge < -0.3 is 10.0 Å². The summed E-state index contributed by atoms with van der Waals surface area (Å²) in [7, 11) is 0. The van der Waals surface area contributed by atoms with E-state index in [1.165, 1.54) is 17.0 Å². The van der Waals surface area contributed by atoms with Crippen molar-refractivity contribution < 1.29 is 14.3 Å². The number of hydrogen-bond acceptors (Lipinski definition) is 2. The number of benzene rings is 1. The second-order valence-corrected chi connectivity index (χ2v) is 4.68. The fourth-order valence-electron chi connectivity index (χ4n) is 1.74. The Hall–Kier alpha value is -0.940. The van der Waals surface area contributed by atoms with Crippen LogP contribution in [0.5, 0.6) is 0 Å². The largest absolute Gasteiger partial charge is 0.391 e. The Morgan fingerprint density at radius 2 is 2.31 bits per heavy atom. The van der Waals surface area contributed by atoms with E-state index in [9.17, 15) is 14.3 Å². The van der Waals surface area contributed by atoms with Crippen molar-refractivity contribution in [2.24, 2.45) is 0 Å². The third-order valence-electron chi connectivity index (χ3n) is 2.62. The predicted octanol–water partition coefficient (Wildman–Crippen LogP) is 1.79. The Bertz CT molecular complexity index is 424. The Labute approximate surface area is 101 Å². The summed E-state index contributed by atoms with van der Waals surface area (Å²) < 4.78 is 13.6. The summed E-state index contributed by atoms with van der Waals surface area (Å²) in [4.78, 5) is 13.4. The second kappa shape index (κ2) is 4.51. The van der Waals surface area contributed by atoms with Crippen LogP contribution in [0.2, 0.25) is 0 Å². The third-order valence-corrected chi connectivity index (χ3v) is 3.26. The standard InChI is InChI=1S/C11H11BrFNO2/c12-9-2-1-7(5-10(9)13)11(16)14-4-3-8(15)6-14/h1-2,5,8,15H,3-4,6H2/t8-/m0/s1. The van der Waals surface area contributed by atoms with Crippen LogP contribution in [0.1, 0.15) is 16.8 Å². The Morgan fingerprint density at radius 1 is 1.56 bits per heavy atom. The van der Waals surface area contributed by atoms with Crippen molar-refractivity contribution in [1.82, 2.24) is 4.90 Å². The van der Waals surface area contributed by atoms with Crippen molar-refractivity contribution in [2.75, 3.05) is 13.1 Å². The summed E-state index contributed by atoms with van der Waals surface area (Å²) in [6.45, 7) is 0.855. The zero-order valence-corrected chi connectivity index (χ0v) is 10.1. The summed E-state index contributed by atoms with van der Waals surface area (Å²) >= 11 is 3.03. The van der Waals surface area contributed by atoms with E-state index < -0.39 is 11.9 Å². The monoisotopic (exact) mass is 287 g/mol. The van der Waals surface area contributed by atoms with Crippen molar-refractivity contribution >= 4 is 21.8 Å². The van der Waals surface area contributed by atoms with Crippen molar-refractivity contribution in [1.29, 1.82) is 0 Å². The molecule has 0 aromatic heterocycles. The van der Waals surface area contributed by atoms with Crippen LogP contribution < -0.4 is 0 Å². The first-order valence-corrected chi connectivity index (χ1v) is 5.79. The zero-order valence-electron chi connectivity index (χ0n) is 8.49. The molecule has 86 valence electrons. The molecule has 1 aliphatic heterocycles.